The van der Waals surface area contributed by atoms with Gasteiger partial charge in [0, 0.05) is 37.6 Å². The quantitative estimate of drug-likeness (QED) is 0.360. The van der Waals surface area contributed by atoms with Crippen molar-refractivity contribution >= 4 is 29.3 Å². The fraction of sp³-hybridized carbons (Fsp3) is 0.375. The third kappa shape index (κ3) is 5.71. The molecule has 3 aromatic rings. The van der Waals surface area contributed by atoms with E-state index in [1.807, 2.05) is 55.6 Å². The van der Waals surface area contributed by atoms with Crippen molar-refractivity contribution < 1.29 is 9.53 Å². The van der Waals surface area contributed by atoms with Crippen LogP contribution in [0.3, 0.4) is 0 Å². The molecule has 0 saturated carbocycles. The van der Waals surface area contributed by atoms with Crippen molar-refractivity contribution in [1.29, 1.82) is 0 Å². The second-order valence-corrected chi connectivity index (χ2v) is 9.02. The molecule has 1 amide bonds. The number of methoxy groups -OCH3 is 1. The van der Waals surface area contributed by atoms with Crippen LogP contribution in [0.1, 0.15) is 42.2 Å². The third-order valence-corrected chi connectivity index (χ3v) is 6.45. The molecule has 0 aliphatic rings. The van der Waals surface area contributed by atoms with Gasteiger partial charge in [0.1, 0.15) is 0 Å². The highest BCUT2D eigenvalue weighted by atomic mass is 35.5. The molecule has 0 radical (unpaired) electrons. The molecule has 0 bridgehead atoms. The number of benzene rings is 2. The Bertz CT molecular complexity index is 1040. The summed E-state index contributed by atoms with van der Waals surface area (Å²) in [6, 6.07) is 15.4. The van der Waals surface area contributed by atoms with Gasteiger partial charge in [-0.1, -0.05) is 54.6 Å². The smallest absolute Gasteiger partial charge is 0.253 e. The van der Waals surface area contributed by atoms with Crippen LogP contribution in [-0.4, -0.2) is 52.9 Å². The summed E-state index contributed by atoms with van der Waals surface area (Å²) >= 11 is 8.03. The van der Waals surface area contributed by atoms with E-state index in [1.165, 1.54) is 0 Å². The highest BCUT2D eigenvalue weighted by molar-refractivity contribution is 7.98. The lowest BCUT2D eigenvalue weighted by molar-refractivity contribution is 0.0795. The first-order valence-electron chi connectivity index (χ1n) is 10.6. The normalized spacial score (nSPS) is 12.0. The Labute approximate surface area is 198 Å². The minimum atomic E-state index is 0.0397. The Morgan fingerprint density at radius 2 is 1.91 bits per heavy atom. The molecule has 0 saturated heterocycles. The Morgan fingerprint density at radius 3 is 2.56 bits per heavy atom. The van der Waals surface area contributed by atoms with E-state index in [0.717, 1.165) is 35.1 Å². The topological polar surface area (TPSA) is 60.2 Å². The maximum absolute atomic E-state index is 12.4. The van der Waals surface area contributed by atoms with Gasteiger partial charge in [-0.25, -0.2) is 0 Å². The predicted molar refractivity (Wildman–Crippen MR) is 130 cm³/mol. The summed E-state index contributed by atoms with van der Waals surface area (Å²) in [6.07, 6.45) is 0.940. The minimum absolute atomic E-state index is 0.0397. The molecule has 0 aliphatic carbocycles. The van der Waals surface area contributed by atoms with Gasteiger partial charge in [0.2, 0.25) is 0 Å². The second kappa shape index (κ2) is 11.5. The molecule has 0 fully saturated rings. The lowest BCUT2D eigenvalue weighted by Crippen LogP contribution is -2.27. The lowest BCUT2D eigenvalue weighted by atomic mass is 10.1. The van der Waals surface area contributed by atoms with Crippen LogP contribution in [-0.2, 0) is 10.5 Å². The van der Waals surface area contributed by atoms with E-state index in [9.17, 15) is 4.79 Å². The van der Waals surface area contributed by atoms with E-state index in [-0.39, 0.29) is 11.9 Å². The number of nitrogens with zero attached hydrogens (tertiary/aromatic N) is 4. The van der Waals surface area contributed by atoms with Crippen LogP contribution >= 0.6 is 23.4 Å². The molecule has 8 heteroatoms. The van der Waals surface area contributed by atoms with Crippen molar-refractivity contribution in [2.24, 2.45) is 0 Å². The molecule has 6 nitrogen and oxygen atoms in total. The SMILES string of the molecule is CCCN(C)C(=O)c1ccc(CSc2nnc(-c3ccccc3Cl)n2[C@@H](C)COC)cc1. The monoisotopic (exact) mass is 472 g/mol. The van der Waals surface area contributed by atoms with E-state index in [1.54, 1.807) is 23.8 Å². The van der Waals surface area contributed by atoms with Gasteiger partial charge in [-0.05, 0) is 43.2 Å². The molecule has 0 unspecified atom stereocenters. The van der Waals surface area contributed by atoms with Crippen molar-refractivity contribution in [3.8, 4) is 11.4 Å². The van der Waals surface area contributed by atoms with Crippen LogP contribution < -0.4 is 0 Å². The Hall–Kier alpha value is -2.35. The number of hydrogen-bond acceptors (Lipinski definition) is 5. The van der Waals surface area contributed by atoms with Crippen LogP contribution in [0.4, 0.5) is 0 Å². The highest BCUT2D eigenvalue weighted by Gasteiger charge is 2.21. The first kappa shape index (κ1) is 24.3. The Morgan fingerprint density at radius 1 is 1.19 bits per heavy atom. The van der Waals surface area contributed by atoms with E-state index in [2.05, 4.69) is 28.6 Å². The average molecular weight is 473 g/mol. The molecular weight excluding hydrogens is 444 g/mol. The molecule has 1 aromatic heterocycles. The Balaban J connectivity index is 1.79. The zero-order valence-electron chi connectivity index (χ0n) is 18.9. The standard InChI is InChI=1S/C24H29ClN4O2S/c1-5-14-28(3)23(30)19-12-10-18(11-13-19)16-32-24-27-26-22(29(24)17(2)15-31-4)20-8-6-7-9-21(20)25/h6-13,17H,5,14-16H2,1-4H3/t17-/m0/s1. The fourth-order valence-electron chi connectivity index (χ4n) is 3.46. The number of amides is 1. The average Bonchev–Trinajstić information content (AvgIpc) is 3.22. The molecule has 170 valence electrons. The van der Waals surface area contributed by atoms with Gasteiger partial charge < -0.3 is 9.64 Å². The number of hydrogen-bond donors (Lipinski definition) is 0. The number of carbonyl (C=O) groups excluding carboxylic acids is 1. The molecular formula is C24H29ClN4O2S. The minimum Gasteiger partial charge on any atom is -0.383 e. The maximum atomic E-state index is 12.4. The van der Waals surface area contributed by atoms with Crippen molar-refractivity contribution in [2.45, 2.75) is 37.2 Å². The van der Waals surface area contributed by atoms with Gasteiger partial charge in [0.25, 0.3) is 5.91 Å². The number of rotatable bonds is 10. The van der Waals surface area contributed by atoms with Crippen molar-refractivity contribution in [3.63, 3.8) is 0 Å². The van der Waals surface area contributed by atoms with Crippen molar-refractivity contribution in [3.05, 3.63) is 64.7 Å². The highest BCUT2D eigenvalue weighted by Crippen LogP contribution is 2.33. The second-order valence-electron chi connectivity index (χ2n) is 7.67. The first-order chi connectivity index (χ1) is 15.5. The summed E-state index contributed by atoms with van der Waals surface area (Å²) in [5.41, 5.74) is 2.65. The summed E-state index contributed by atoms with van der Waals surface area (Å²) in [5, 5.41) is 10.3. The summed E-state index contributed by atoms with van der Waals surface area (Å²) in [6.45, 7) is 5.42. The summed E-state index contributed by atoms with van der Waals surface area (Å²) in [4.78, 5) is 14.2. The van der Waals surface area contributed by atoms with Crippen LogP contribution in [0.15, 0.2) is 53.7 Å². The number of halogens is 1. The van der Waals surface area contributed by atoms with Crippen molar-refractivity contribution in [2.75, 3.05) is 27.3 Å². The maximum Gasteiger partial charge on any atom is 0.253 e. The van der Waals surface area contributed by atoms with Gasteiger partial charge in [-0.2, -0.15) is 0 Å². The van der Waals surface area contributed by atoms with E-state index >= 15 is 0 Å². The molecule has 1 heterocycles. The number of ether oxygens (including phenoxy) is 1. The van der Waals surface area contributed by atoms with Gasteiger partial charge in [0.05, 0.1) is 17.7 Å². The van der Waals surface area contributed by atoms with Gasteiger partial charge in [-0.15, -0.1) is 10.2 Å². The number of aromatic nitrogens is 3. The zero-order chi connectivity index (χ0) is 23.1. The van der Waals surface area contributed by atoms with Gasteiger partial charge in [-0.3, -0.25) is 9.36 Å². The van der Waals surface area contributed by atoms with Gasteiger partial charge >= 0.3 is 0 Å². The molecule has 2 aromatic carbocycles. The van der Waals surface area contributed by atoms with Crippen LogP contribution in [0.25, 0.3) is 11.4 Å². The lowest BCUT2D eigenvalue weighted by Gasteiger charge is -2.18. The van der Waals surface area contributed by atoms with E-state index < -0.39 is 0 Å². The first-order valence-corrected chi connectivity index (χ1v) is 12.0. The molecule has 0 aliphatic heterocycles. The zero-order valence-corrected chi connectivity index (χ0v) is 20.5. The van der Waals surface area contributed by atoms with Crippen LogP contribution in [0.5, 0.6) is 0 Å². The van der Waals surface area contributed by atoms with Crippen LogP contribution in [0.2, 0.25) is 5.02 Å². The van der Waals surface area contributed by atoms with Gasteiger partial charge in [0.15, 0.2) is 11.0 Å². The molecule has 3 rings (SSSR count). The molecule has 0 spiro atoms. The largest absolute Gasteiger partial charge is 0.383 e. The Kier molecular flexibility index (Phi) is 8.73. The number of carbonyl (C=O) groups is 1. The molecule has 32 heavy (non-hydrogen) atoms. The number of thioether (sulfide) groups is 1. The summed E-state index contributed by atoms with van der Waals surface area (Å²) in [7, 11) is 3.52. The predicted octanol–water partition coefficient (Wildman–Crippen LogP) is 5.58. The molecule has 1 atom stereocenters. The fourth-order valence-corrected chi connectivity index (χ4v) is 4.68. The van der Waals surface area contributed by atoms with E-state index in [4.69, 9.17) is 16.3 Å². The van der Waals surface area contributed by atoms with Crippen molar-refractivity contribution in [1.82, 2.24) is 19.7 Å². The summed E-state index contributed by atoms with van der Waals surface area (Å²) in [5.74, 6) is 1.48. The van der Waals surface area contributed by atoms with E-state index in [0.29, 0.717) is 22.9 Å². The van der Waals surface area contributed by atoms with Crippen LogP contribution in [0, 0.1) is 0 Å². The summed E-state index contributed by atoms with van der Waals surface area (Å²) < 4.78 is 7.46. The third-order valence-electron chi connectivity index (χ3n) is 5.10. The molecule has 0 N–H and O–H groups in total.